The van der Waals surface area contributed by atoms with Gasteiger partial charge in [-0.15, -0.1) is 11.6 Å². The van der Waals surface area contributed by atoms with Crippen LogP contribution in [0.25, 0.3) is 6.08 Å². The van der Waals surface area contributed by atoms with Crippen LogP contribution in [0, 0.1) is 5.82 Å². The molecule has 0 bridgehead atoms. The maximum Gasteiger partial charge on any atom is 0.123 e. The Hall–Kier alpha value is -1.08. The highest BCUT2D eigenvalue weighted by Gasteiger charge is 1.89. The van der Waals surface area contributed by atoms with Crippen molar-refractivity contribution in [1.29, 1.82) is 0 Å². The van der Waals surface area contributed by atoms with Crippen molar-refractivity contribution in [2.45, 2.75) is 0 Å². The lowest BCUT2D eigenvalue weighted by Crippen LogP contribution is -1.77. The molecule has 13 heavy (non-hydrogen) atoms. The Bertz CT molecular complexity index is 311. The molecule has 0 radical (unpaired) electrons. The first-order chi connectivity index (χ1) is 6.22. The third-order valence-electron chi connectivity index (χ3n) is 1.55. The van der Waals surface area contributed by atoms with Crippen molar-refractivity contribution in [3.8, 4) is 0 Å². The minimum Gasteiger partial charge on any atom is -0.207 e. The van der Waals surface area contributed by atoms with E-state index in [4.69, 9.17) is 11.6 Å². The first-order valence-corrected chi connectivity index (χ1v) is 4.43. The van der Waals surface area contributed by atoms with Crippen molar-refractivity contribution < 1.29 is 4.39 Å². The van der Waals surface area contributed by atoms with Crippen molar-refractivity contribution >= 4 is 17.7 Å². The molecule has 0 heterocycles. The van der Waals surface area contributed by atoms with Gasteiger partial charge in [0.05, 0.1) is 0 Å². The molecule has 0 aliphatic heterocycles. The predicted molar refractivity (Wildman–Crippen MR) is 55.3 cm³/mol. The van der Waals surface area contributed by atoms with Crippen LogP contribution in [0.3, 0.4) is 0 Å². The number of alkyl halides is 1. The molecule has 0 saturated heterocycles. The molecule has 0 amide bonds. The van der Waals surface area contributed by atoms with Crippen LogP contribution in [0.5, 0.6) is 0 Å². The van der Waals surface area contributed by atoms with Crippen LogP contribution in [0.15, 0.2) is 42.5 Å². The summed E-state index contributed by atoms with van der Waals surface area (Å²) in [7, 11) is 0. The second-order valence-corrected chi connectivity index (χ2v) is 2.94. The lowest BCUT2D eigenvalue weighted by molar-refractivity contribution is 0.628. The summed E-state index contributed by atoms with van der Waals surface area (Å²) in [6.45, 7) is 3.71. The molecule has 0 N–H and O–H groups in total. The molecule has 0 aromatic heterocycles. The molecule has 0 fully saturated rings. The van der Waals surface area contributed by atoms with Gasteiger partial charge in [0.1, 0.15) is 5.82 Å². The highest BCUT2D eigenvalue weighted by Crippen LogP contribution is 2.06. The van der Waals surface area contributed by atoms with Crippen LogP contribution in [-0.4, -0.2) is 5.88 Å². The molecule has 0 nitrogen and oxygen atoms in total. The van der Waals surface area contributed by atoms with Crippen LogP contribution >= 0.6 is 11.6 Å². The summed E-state index contributed by atoms with van der Waals surface area (Å²) in [4.78, 5) is 0. The van der Waals surface area contributed by atoms with E-state index in [-0.39, 0.29) is 5.82 Å². The van der Waals surface area contributed by atoms with E-state index >= 15 is 0 Å². The van der Waals surface area contributed by atoms with Gasteiger partial charge in [-0.25, -0.2) is 4.39 Å². The number of allylic oxidation sites excluding steroid dienone is 2. The summed E-state index contributed by atoms with van der Waals surface area (Å²) < 4.78 is 12.5. The average molecular weight is 197 g/mol. The Labute approximate surface area is 82.3 Å². The third-order valence-corrected chi connectivity index (χ3v) is 1.90. The van der Waals surface area contributed by atoms with Crippen molar-refractivity contribution in [2.75, 3.05) is 5.88 Å². The summed E-state index contributed by atoms with van der Waals surface area (Å²) >= 11 is 5.53. The molecule has 0 spiro atoms. The zero-order chi connectivity index (χ0) is 9.68. The second-order valence-electron chi connectivity index (χ2n) is 2.68. The Morgan fingerprint density at radius 1 is 1.38 bits per heavy atom. The van der Waals surface area contributed by atoms with E-state index < -0.39 is 0 Å². The lowest BCUT2D eigenvalue weighted by Gasteiger charge is -1.93. The number of hydrogen-bond donors (Lipinski definition) is 0. The summed E-state index contributed by atoms with van der Waals surface area (Å²) in [5.41, 5.74) is 1.78. The molecule has 0 saturated carbocycles. The number of rotatable bonds is 3. The summed E-state index contributed by atoms with van der Waals surface area (Å²) in [5.74, 6) is 0.186. The zero-order valence-corrected chi connectivity index (χ0v) is 7.89. The van der Waals surface area contributed by atoms with E-state index in [1.54, 1.807) is 12.1 Å². The van der Waals surface area contributed by atoms with Gasteiger partial charge in [0.2, 0.25) is 0 Å². The fourth-order valence-electron chi connectivity index (χ4n) is 0.833. The van der Waals surface area contributed by atoms with Gasteiger partial charge in [0, 0.05) is 5.88 Å². The van der Waals surface area contributed by atoms with Crippen molar-refractivity contribution in [3.63, 3.8) is 0 Å². The Morgan fingerprint density at radius 2 is 2.00 bits per heavy atom. The van der Waals surface area contributed by atoms with E-state index in [1.807, 2.05) is 12.2 Å². The lowest BCUT2D eigenvalue weighted by atomic mass is 10.2. The average Bonchev–Trinajstić information content (AvgIpc) is 2.16. The van der Waals surface area contributed by atoms with Crippen LogP contribution < -0.4 is 0 Å². The first kappa shape index (κ1) is 10.0. The van der Waals surface area contributed by atoms with Gasteiger partial charge < -0.3 is 0 Å². The molecule has 1 aromatic carbocycles. The van der Waals surface area contributed by atoms with Crippen LogP contribution in [0.4, 0.5) is 4.39 Å². The molecular weight excluding hydrogens is 187 g/mol. The molecule has 1 aromatic rings. The molecule has 0 aliphatic rings. The van der Waals surface area contributed by atoms with Crippen LogP contribution in [0.1, 0.15) is 5.56 Å². The number of halogens is 2. The van der Waals surface area contributed by atoms with Gasteiger partial charge in [-0.1, -0.05) is 30.9 Å². The topological polar surface area (TPSA) is 0 Å². The van der Waals surface area contributed by atoms with Gasteiger partial charge in [-0.3, -0.25) is 0 Å². The van der Waals surface area contributed by atoms with E-state index in [9.17, 15) is 4.39 Å². The molecule has 1 rings (SSSR count). The minimum atomic E-state index is -0.228. The first-order valence-electron chi connectivity index (χ1n) is 3.90. The summed E-state index contributed by atoms with van der Waals surface area (Å²) in [5, 5.41) is 0. The van der Waals surface area contributed by atoms with E-state index in [0.29, 0.717) is 5.88 Å². The summed E-state index contributed by atoms with van der Waals surface area (Å²) in [6, 6.07) is 6.24. The van der Waals surface area contributed by atoms with Crippen molar-refractivity contribution in [3.05, 3.63) is 53.9 Å². The Kier molecular flexibility index (Phi) is 3.71. The molecule has 0 atom stereocenters. The van der Waals surface area contributed by atoms with Crippen molar-refractivity contribution in [1.82, 2.24) is 0 Å². The van der Waals surface area contributed by atoms with Gasteiger partial charge in [-0.2, -0.15) is 0 Å². The maximum atomic E-state index is 12.5. The van der Waals surface area contributed by atoms with Crippen LogP contribution in [0.2, 0.25) is 0 Å². The zero-order valence-electron chi connectivity index (χ0n) is 7.13. The Balaban J connectivity index is 2.69. The monoisotopic (exact) mass is 196 g/mol. The van der Waals surface area contributed by atoms with E-state index in [1.165, 1.54) is 12.1 Å². The van der Waals surface area contributed by atoms with E-state index in [2.05, 4.69) is 6.58 Å². The highest BCUT2D eigenvalue weighted by molar-refractivity contribution is 6.19. The van der Waals surface area contributed by atoms with Gasteiger partial charge in [0.25, 0.3) is 0 Å². The van der Waals surface area contributed by atoms with Crippen molar-refractivity contribution in [2.24, 2.45) is 0 Å². The maximum absolute atomic E-state index is 12.5. The molecular formula is C11H10ClF. The summed E-state index contributed by atoms with van der Waals surface area (Å²) in [6.07, 6.45) is 3.67. The Morgan fingerprint density at radius 3 is 2.54 bits per heavy atom. The van der Waals surface area contributed by atoms with E-state index in [0.717, 1.165) is 11.1 Å². The third kappa shape index (κ3) is 3.43. The second kappa shape index (κ2) is 4.83. The number of hydrogen-bond acceptors (Lipinski definition) is 0. The molecule has 68 valence electrons. The molecule has 2 heteroatoms. The highest BCUT2D eigenvalue weighted by atomic mass is 35.5. The smallest absolute Gasteiger partial charge is 0.123 e. The minimum absolute atomic E-state index is 0.228. The van der Waals surface area contributed by atoms with Gasteiger partial charge >= 0.3 is 0 Å². The van der Waals surface area contributed by atoms with Crippen LogP contribution in [-0.2, 0) is 0 Å². The fourth-order valence-corrected chi connectivity index (χ4v) is 0.922. The molecule has 0 aliphatic carbocycles. The fraction of sp³-hybridized carbons (Fsp3) is 0.0909. The molecule has 0 unspecified atom stereocenters. The van der Waals surface area contributed by atoms with Gasteiger partial charge in [0.15, 0.2) is 0 Å². The number of benzene rings is 1. The SMILES string of the molecule is C=C(/C=C/c1ccc(F)cc1)CCl. The largest absolute Gasteiger partial charge is 0.207 e. The predicted octanol–water partition coefficient (Wildman–Crippen LogP) is 3.63. The van der Waals surface area contributed by atoms with Gasteiger partial charge in [-0.05, 0) is 23.3 Å². The standard InChI is InChI=1S/C11H10ClF/c1-9(8-12)2-3-10-4-6-11(13)7-5-10/h2-7H,1,8H2/b3-2+. The normalized spacial score (nSPS) is 10.6. The quantitative estimate of drug-likeness (QED) is 0.512.